The molecule has 0 aliphatic heterocycles. The second kappa shape index (κ2) is 10.2. The van der Waals surface area contributed by atoms with Gasteiger partial charge in [-0.05, 0) is 29.8 Å². The van der Waals surface area contributed by atoms with Gasteiger partial charge in [-0.25, -0.2) is 0 Å². The molecule has 1 N–H and O–H groups in total. The van der Waals surface area contributed by atoms with E-state index in [1.807, 2.05) is 0 Å². The highest BCUT2D eigenvalue weighted by Gasteiger charge is 2.38. The molecule has 0 saturated carbocycles. The molecule has 3 rings (SSSR count). The highest BCUT2D eigenvalue weighted by atomic mass is 19.4. The fraction of sp³-hybridized carbons (Fsp3) is 0.286. The average molecular weight is 488 g/mol. The molecule has 0 fully saturated rings. The van der Waals surface area contributed by atoms with Gasteiger partial charge >= 0.3 is 18.2 Å². The molecule has 0 atom stereocenters. The fourth-order valence-electron chi connectivity index (χ4n) is 2.74. The van der Waals surface area contributed by atoms with Crippen molar-refractivity contribution in [1.29, 1.82) is 0 Å². The van der Waals surface area contributed by atoms with Gasteiger partial charge in [0.05, 0.1) is 12.2 Å². The van der Waals surface area contributed by atoms with E-state index in [9.17, 15) is 31.1 Å². The van der Waals surface area contributed by atoms with Gasteiger partial charge in [0, 0.05) is 31.3 Å². The molecule has 0 bridgehead atoms. The second-order valence-corrected chi connectivity index (χ2v) is 7.08. The van der Waals surface area contributed by atoms with Crippen molar-refractivity contribution in [2.45, 2.75) is 19.0 Å². The molecule has 2 aromatic carbocycles. The van der Waals surface area contributed by atoms with Gasteiger partial charge in [0.25, 0.3) is 5.91 Å². The molecule has 3 aromatic rings. The third-order valence-electron chi connectivity index (χ3n) is 4.49. The van der Waals surface area contributed by atoms with Crippen LogP contribution in [0.5, 0.6) is 0 Å². The first-order chi connectivity index (χ1) is 15.9. The molecule has 1 aromatic heterocycles. The van der Waals surface area contributed by atoms with Gasteiger partial charge < -0.3 is 9.84 Å². The maximum absolute atomic E-state index is 12.8. The Balaban J connectivity index is 1.45. The second-order valence-electron chi connectivity index (χ2n) is 7.08. The van der Waals surface area contributed by atoms with Crippen LogP contribution in [0.4, 0.5) is 26.3 Å². The SMILES string of the molecule is CN(CCNC(=O)c1ccc(-c2noc(C(F)(F)F)n2)cc1)OCc1cccc(C(F)(F)F)c1. The van der Waals surface area contributed by atoms with Crippen molar-refractivity contribution < 1.29 is 40.5 Å². The van der Waals surface area contributed by atoms with Crippen molar-refractivity contribution >= 4 is 5.91 Å². The topological polar surface area (TPSA) is 80.5 Å². The van der Waals surface area contributed by atoms with Crippen LogP contribution in [0.25, 0.3) is 11.4 Å². The van der Waals surface area contributed by atoms with Crippen LogP contribution in [0.2, 0.25) is 0 Å². The number of likely N-dealkylation sites (N-methyl/N-ethyl adjacent to an activating group) is 1. The standard InChI is InChI=1S/C21H18F6N4O3/c1-31(33-12-13-3-2-4-16(11-13)20(22,23)24)10-9-28-18(32)15-7-5-14(6-8-15)17-29-19(34-30-17)21(25,26)27/h2-8,11H,9-10,12H2,1H3,(H,28,32). The Hall–Kier alpha value is -3.45. The lowest BCUT2D eigenvalue weighted by molar-refractivity contribution is -0.159. The lowest BCUT2D eigenvalue weighted by Gasteiger charge is -2.17. The number of nitrogens with one attached hydrogen (secondary N) is 1. The van der Waals surface area contributed by atoms with Crippen molar-refractivity contribution in [3.05, 3.63) is 71.1 Å². The summed E-state index contributed by atoms with van der Waals surface area (Å²) in [4.78, 5) is 20.9. The van der Waals surface area contributed by atoms with Crippen molar-refractivity contribution in [3.63, 3.8) is 0 Å². The van der Waals surface area contributed by atoms with Gasteiger partial charge in [0.15, 0.2) is 0 Å². The Morgan fingerprint density at radius 1 is 1.06 bits per heavy atom. The van der Waals surface area contributed by atoms with Gasteiger partial charge in [-0.15, -0.1) is 0 Å². The highest BCUT2D eigenvalue weighted by Crippen LogP contribution is 2.30. The number of benzene rings is 2. The summed E-state index contributed by atoms with van der Waals surface area (Å²) >= 11 is 0. The monoisotopic (exact) mass is 488 g/mol. The van der Waals surface area contributed by atoms with Crippen LogP contribution in [0.15, 0.2) is 53.1 Å². The van der Waals surface area contributed by atoms with E-state index in [1.165, 1.54) is 41.5 Å². The van der Waals surface area contributed by atoms with Crippen LogP contribution in [0.1, 0.15) is 27.4 Å². The van der Waals surface area contributed by atoms with Crippen molar-refractivity contribution in [1.82, 2.24) is 20.5 Å². The Labute approximate surface area is 189 Å². The Kier molecular flexibility index (Phi) is 7.57. The summed E-state index contributed by atoms with van der Waals surface area (Å²) in [5.41, 5.74) is 0.0544. The molecule has 34 heavy (non-hydrogen) atoms. The van der Waals surface area contributed by atoms with E-state index < -0.39 is 29.7 Å². The Morgan fingerprint density at radius 2 is 1.76 bits per heavy atom. The summed E-state index contributed by atoms with van der Waals surface area (Å²) < 4.78 is 80.1. The van der Waals surface area contributed by atoms with E-state index in [-0.39, 0.29) is 36.6 Å². The molecule has 7 nitrogen and oxygen atoms in total. The fourth-order valence-corrected chi connectivity index (χ4v) is 2.74. The number of carbonyl (C=O) groups is 1. The summed E-state index contributed by atoms with van der Waals surface area (Å²) in [6.07, 6.45) is -9.20. The van der Waals surface area contributed by atoms with Crippen molar-refractivity contribution in [3.8, 4) is 11.4 Å². The maximum Gasteiger partial charge on any atom is 0.471 e. The number of rotatable bonds is 8. The number of halogens is 6. The minimum absolute atomic E-state index is 0.0814. The summed E-state index contributed by atoms with van der Waals surface area (Å²) in [5, 5.41) is 7.28. The predicted molar refractivity (Wildman–Crippen MR) is 106 cm³/mol. The number of hydrogen-bond acceptors (Lipinski definition) is 6. The zero-order chi connectivity index (χ0) is 24.9. The summed E-state index contributed by atoms with van der Waals surface area (Å²) in [7, 11) is 1.56. The smallest absolute Gasteiger partial charge is 0.351 e. The van der Waals surface area contributed by atoms with E-state index in [2.05, 4.69) is 20.0 Å². The quantitative estimate of drug-likeness (QED) is 0.370. The third kappa shape index (κ3) is 6.78. The van der Waals surface area contributed by atoms with Crippen LogP contribution in [0.3, 0.4) is 0 Å². The van der Waals surface area contributed by atoms with Crippen LogP contribution in [-0.4, -0.2) is 41.2 Å². The first kappa shape index (κ1) is 25.2. The molecule has 13 heteroatoms. The lowest BCUT2D eigenvalue weighted by Crippen LogP contribution is -2.33. The van der Waals surface area contributed by atoms with Crippen LogP contribution < -0.4 is 5.32 Å². The zero-order valence-electron chi connectivity index (χ0n) is 17.6. The number of hydroxylamine groups is 2. The van der Waals surface area contributed by atoms with Gasteiger partial charge in [0.1, 0.15) is 0 Å². The number of amides is 1. The van der Waals surface area contributed by atoms with E-state index in [4.69, 9.17) is 4.84 Å². The molecule has 182 valence electrons. The van der Waals surface area contributed by atoms with Gasteiger partial charge in [0.2, 0.25) is 5.82 Å². The summed E-state index contributed by atoms with van der Waals surface area (Å²) in [6.45, 7) is 0.327. The van der Waals surface area contributed by atoms with Gasteiger partial charge in [-0.2, -0.15) is 36.4 Å². The van der Waals surface area contributed by atoms with E-state index >= 15 is 0 Å². The number of nitrogens with zero attached hydrogens (tertiary/aromatic N) is 3. The molecule has 0 aliphatic rings. The van der Waals surface area contributed by atoms with Crippen LogP contribution in [-0.2, 0) is 23.8 Å². The number of carbonyl (C=O) groups excluding carboxylic acids is 1. The Bertz CT molecular complexity index is 1110. The molecular weight excluding hydrogens is 470 g/mol. The highest BCUT2D eigenvalue weighted by molar-refractivity contribution is 5.94. The molecule has 1 heterocycles. The molecule has 1 amide bonds. The van der Waals surface area contributed by atoms with Crippen molar-refractivity contribution in [2.24, 2.45) is 0 Å². The number of aromatic nitrogens is 2. The largest absolute Gasteiger partial charge is 0.471 e. The van der Waals surface area contributed by atoms with E-state index in [0.29, 0.717) is 5.56 Å². The number of hydrogen-bond donors (Lipinski definition) is 1. The minimum Gasteiger partial charge on any atom is -0.351 e. The summed E-state index contributed by atoms with van der Waals surface area (Å²) in [6, 6.07) is 10.3. The first-order valence-corrected chi connectivity index (χ1v) is 9.73. The van der Waals surface area contributed by atoms with E-state index in [1.54, 1.807) is 7.05 Å². The predicted octanol–water partition coefficient (Wildman–Crippen LogP) is 4.57. The van der Waals surface area contributed by atoms with Gasteiger partial charge in [-0.3, -0.25) is 9.63 Å². The first-order valence-electron chi connectivity index (χ1n) is 9.73. The molecule has 0 aliphatic carbocycles. The van der Waals surface area contributed by atoms with Crippen molar-refractivity contribution in [2.75, 3.05) is 20.1 Å². The molecule has 0 radical (unpaired) electrons. The van der Waals surface area contributed by atoms with Crippen LogP contribution in [0, 0.1) is 0 Å². The average Bonchev–Trinajstić information content (AvgIpc) is 3.28. The zero-order valence-corrected chi connectivity index (χ0v) is 17.6. The maximum atomic E-state index is 12.8. The molecular formula is C21H18F6N4O3. The van der Waals surface area contributed by atoms with Gasteiger partial charge in [-0.1, -0.05) is 29.4 Å². The Morgan fingerprint density at radius 3 is 2.38 bits per heavy atom. The lowest BCUT2D eigenvalue weighted by atomic mass is 10.1. The van der Waals surface area contributed by atoms with Crippen LogP contribution >= 0.6 is 0 Å². The third-order valence-corrected chi connectivity index (χ3v) is 4.49. The summed E-state index contributed by atoms with van der Waals surface area (Å²) in [5.74, 6) is -2.18. The molecule has 0 unspecified atom stereocenters. The molecule has 0 saturated heterocycles. The minimum atomic E-state index is -4.75. The number of alkyl halides is 6. The molecule has 0 spiro atoms. The normalized spacial score (nSPS) is 12.2. The van der Waals surface area contributed by atoms with E-state index in [0.717, 1.165) is 12.1 Å².